The minimum atomic E-state index is -3.74. The summed E-state index contributed by atoms with van der Waals surface area (Å²) in [5.41, 5.74) is -0.314. The van der Waals surface area contributed by atoms with Crippen molar-refractivity contribution in [2.75, 3.05) is 0 Å². The summed E-state index contributed by atoms with van der Waals surface area (Å²) >= 11 is 5.81. The molecule has 1 aliphatic carbocycles. The van der Waals surface area contributed by atoms with Gasteiger partial charge < -0.3 is 5.11 Å². The average molecular weight is 318 g/mol. The van der Waals surface area contributed by atoms with Gasteiger partial charge in [0, 0.05) is 10.6 Å². The molecule has 0 saturated heterocycles. The molecule has 0 aliphatic heterocycles. The van der Waals surface area contributed by atoms with Crippen LogP contribution in [0.1, 0.15) is 31.2 Å². The molecule has 1 aromatic rings. The van der Waals surface area contributed by atoms with Crippen molar-refractivity contribution >= 4 is 27.6 Å². The van der Waals surface area contributed by atoms with Crippen molar-refractivity contribution in [3.63, 3.8) is 0 Å². The molecule has 7 heteroatoms. The second-order valence-corrected chi connectivity index (χ2v) is 7.31. The van der Waals surface area contributed by atoms with Crippen molar-refractivity contribution < 1.29 is 18.3 Å². The number of hydrogen-bond donors (Lipinski definition) is 2. The molecule has 110 valence electrons. The van der Waals surface area contributed by atoms with Crippen LogP contribution in [0.15, 0.2) is 23.1 Å². The molecule has 0 unspecified atom stereocenters. The minimum absolute atomic E-state index is 0.138. The third-order valence-corrected chi connectivity index (χ3v) is 5.55. The molecule has 0 spiro atoms. The number of halogens is 1. The predicted octanol–water partition coefficient (Wildman–Crippen LogP) is 2.32. The monoisotopic (exact) mass is 317 g/mol. The molecular weight excluding hydrogens is 302 g/mol. The second kappa shape index (κ2) is 5.35. The topological polar surface area (TPSA) is 83.5 Å². The Morgan fingerprint density at radius 3 is 2.55 bits per heavy atom. The standard InChI is InChI=1S/C13H16ClNO4S/c1-9-7-10(14)3-4-11(9)20(18,19)15-13(5-2-6-13)8-12(16)17/h3-4,7,15H,2,5-6,8H2,1H3,(H,16,17). The van der Waals surface area contributed by atoms with Gasteiger partial charge in [-0.3, -0.25) is 4.79 Å². The second-order valence-electron chi connectivity index (χ2n) is 5.22. The molecule has 5 nitrogen and oxygen atoms in total. The van der Waals surface area contributed by atoms with Crippen LogP contribution in [0.4, 0.5) is 0 Å². The van der Waals surface area contributed by atoms with Crippen molar-refractivity contribution in [3.05, 3.63) is 28.8 Å². The van der Waals surface area contributed by atoms with Gasteiger partial charge in [0.1, 0.15) is 0 Å². The van der Waals surface area contributed by atoms with Crippen molar-refractivity contribution in [3.8, 4) is 0 Å². The molecule has 0 aromatic heterocycles. The molecule has 0 bridgehead atoms. The molecule has 1 aromatic carbocycles. The summed E-state index contributed by atoms with van der Waals surface area (Å²) in [4.78, 5) is 11.0. The molecule has 0 heterocycles. The molecule has 2 rings (SSSR count). The molecule has 1 saturated carbocycles. The lowest BCUT2D eigenvalue weighted by Gasteiger charge is -2.41. The van der Waals surface area contributed by atoms with Gasteiger partial charge >= 0.3 is 5.97 Å². The molecule has 0 radical (unpaired) electrons. The summed E-state index contributed by atoms with van der Waals surface area (Å²) in [6.07, 6.45) is 1.73. The smallest absolute Gasteiger partial charge is 0.305 e. The van der Waals surface area contributed by atoms with Crippen LogP contribution in [0, 0.1) is 6.92 Å². The Labute approximate surface area is 123 Å². The zero-order valence-corrected chi connectivity index (χ0v) is 12.6. The summed E-state index contributed by atoms with van der Waals surface area (Å²) in [6, 6.07) is 4.52. The summed E-state index contributed by atoms with van der Waals surface area (Å²) in [5.74, 6) is -1.000. The molecule has 0 atom stereocenters. The number of aliphatic carboxylic acids is 1. The van der Waals surface area contributed by atoms with Crippen molar-refractivity contribution in [2.45, 2.75) is 43.0 Å². The fourth-order valence-electron chi connectivity index (χ4n) is 2.46. The van der Waals surface area contributed by atoms with Crippen LogP contribution in [-0.4, -0.2) is 25.0 Å². The van der Waals surface area contributed by atoms with E-state index in [1.165, 1.54) is 12.1 Å². The maximum Gasteiger partial charge on any atom is 0.305 e. The normalized spacial score (nSPS) is 17.5. The zero-order valence-electron chi connectivity index (χ0n) is 11.0. The first-order chi connectivity index (χ1) is 9.24. The number of carboxylic acids is 1. The molecular formula is C13H16ClNO4S. The van der Waals surface area contributed by atoms with E-state index in [0.717, 1.165) is 6.42 Å². The lowest BCUT2D eigenvalue weighted by Crippen LogP contribution is -2.54. The first kappa shape index (κ1) is 15.3. The van der Waals surface area contributed by atoms with Crippen LogP contribution in [0.5, 0.6) is 0 Å². The van der Waals surface area contributed by atoms with E-state index in [1.807, 2.05) is 0 Å². The number of sulfonamides is 1. The molecule has 1 aliphatic rings. The van der Waals surface area contributed by atoms with Crippen molar-refractivity contribution in [2.24, 2.45) is 0 Å². The van der Waals surface area contributed by atoms with Gasteiger partial charge in [-0.05, 0) is 49.9 Å². The van der Waals surface area contributed by atoms with E-state index in [2.05, 4.69) is 4.72 Å². The highest BCUT2D eigenvalue weighted by Gasteiger charge is 2.42. The quantitative estimate of drug-likeness (QED) is 0.873. The fraction of sp³-hybridized carbons (Fsp3) is 0.462. The number of carboxylic acid groups (broad SMARTS) is 1. The average Bonchev–Trinajstić information content (AvgIpc) is 2.24. The summed E-state index contributed by atoms with van der Waals surface area (Å²) in [7, 11) is -3.74. The number of rotatable bonds is 5. The Hall–Kier alpha value is -1.11. The van der Waals surface area contributed by atoms with Gasteiger partial charge in [-0.15, -0.1) is 0 Å². The Bertz CT molecular complexity index is 638. The first-order valence-corrected chi connectivity index (χ1v) is 8.12. The Morgan fingerprint density at radius 2 is 2.10 bits per heavy atom. The highest BCUT2D eigenvalue weighted by Crippen LogP contribution is 2.36. The van der Waals surface area contributed by atoms with Crippen molar-refractivity contribution in [1.29, 1.82) is 0 Å². The lowest BCUT2D eigenvalue weighted by atomic mass is 9.75. The maximum atomic E-state index is 12.4. The van der Waals surface area contributed by atoms with Crippen LogP contribution in [-0.2, 0) is 14.8 Å². The van der Waals surface area contributed by atoms with Gasteiger partial charge in [0.25, 0.3) is 0 Å². The number of hydrogen-bond acceptors (Lipinski definition) is 3. The van der Waals surface area contributed by atoms with E-state index in [4.69, 9.17) is 16.7 Å². The Balaban J connectivity index is 2.29. The van der Waals surface area contributed by atoms with E-state index in [9.17, 15) is 13.2 Å². The van der Waals surface area contributed by atoms with E-state index < -0.39 is 21.5 Å². The number of nitrogens with one attached hydrogen (secondary N) is 1. The largest absolute Gasteiger partial charge is 0.481 e. The molecule has 1 fully saturated rings. The number of aryl methyl sites for hydroxylation is 1. The molecule has 0 amide bonds. The summed E-state index contributed by atoms with van der Waals surface area (Å²) in [6.45, 7) is 1.66. The van der Waals surface area contributed by atoms with Gasteiger partial charge in [-0.1, -0.05) is 11.6 Å². The highest BCUT2D eigenvalue weighted by molar-refractivity contribution is 7.89. The maximum absolute atomic E-state index is 12.4. The predicted molar refractivity (Wildman–Crippen MR) is 75.3 cm³/mol. The zero-order chi connectivity index (χ0) is 15.0. The lowest BCUT2D eigenvalue weighted by molar-refractivity contribution is -0.139. The molecule has 2 N–H and O–H groups in total. The Kier molecular flexibility index (Phi) is 4.09. The summed E-state index contributed by atoms with van der Waals surface area (Å²) < 4.78 is 27.4. The minimum Gasteiger partial charge on any atom is -0.481 e. The number of carbonyl (C=O) groups is 1. The summed E-state index contributed by atoms with van der Waals surface area (Å²) in [5, 5.41) is 9.38. The van der Waals surface area contributed by atoms with Crippen LogP contribution >= 0.6 is 11.6 Å². The van der Waals surface area contributed by atoms with E-state index in [-0.39, 0.29) is 11.3 Å². The van der Waals surface area contributed by atoms with Crippen LogP contribution in [0.2, 0.25) is 5.02 Å². The first-order valence-electron chi connectivity index (χ1n) is 6.26. The van der Waals surface area contributed by atoms with E-state index in [1.54, 1.807) is 13.0 Å². The third kappa shape index (κ3) is 3.13. The fourth-order valence-corrected chi connectivity index (χ4v) is 4.38. The van der Waals surface area contributed by atoms with Gasteiger partial charge in [-0.2, -0.15) is 0 Å². The highest BCUT2D eigenvalue weighted by atomic mass is 35.5. The van der Waals surface area contributed by atoms with E-state index >= 15 is 0 Å². The van der Waals surface area contributed by atoms with Crippen molar-refractivity contribution in [1.82, 2.24) is 4.72 Å². The van der Waals surface area contributed by atoms with Crippen LogP contribution < -0.4 is 4.72 Å². The van der Waals surface area contributed by atoms with E-state index in [0.29, 0.717) is 23.4 Å². The van der Waals surface area contributed by atoms with Crippen LogP contribution in [0.25, 0.3) is 0 Å². The van der Waals surface area contributed by atoms with Gasteiger partial charge in [0.05, 0.1) is 11.3 Å². The molecule has 20 heavy (non-hydrogen) atoms. The number of benzene rings is 1. The van der Waals surface area contributed by atoms with Gasteiger partial charge in [0.15, 0.2) is 0 Å². The third-order valence-electron chi connectivity index (χ3n) is 3.58. The Morgan fingerprint density at radius 1 is 1.45 bits per heavy atom. The van der Waals surface area contributed by atoms with Gasteiger partial charge in [0.2, 0.25) is 10.0 Å². The van der Waals surface area contributed by atoms with Gasteiger partial charge in [-0.25, -0.2) is 13.1 Å². The SMILES string of the molecule is Cc1cc(Cl)ccc1S(=O)(=O)NC1(CC(=O)O)CCC1. The van der Waals surface area contributed by atoms with Crippen LogP contribution in [0.3, 0.4) is 0 Å².